The molecule has 7 nitrogen and oxygen atoms in total. The van der Waals surface area contributed by atoms with E-state index in [1.54, 1.807) is 19.2 Å². The predicted octanol–water partition coefficient (Wildman–Crippen LogP) is 5.35. The normalized spacial score (nSPS) is 27.8. The van der Waals surface area contributed by atoms with E-state index in [2.05, 4.69) is 45.3 Å². The predicted molar refractivity (Wildman–Crippen MR) is 156 cm³/mol. The van der Waals surface area contributed by atoms with Gasteiger partial charge < -0.3 is 24.7 Å². The summed E-state index contributed by atoms with van der Waals surface area (Å²) in [6.07, 6.45) is 3.06. The lowest BCUT2D eigenvalue weighted by Gasteiger charge is -2.64. The van der Waals surface area contributed by atoms with Crippen LogP contribution < -0.4 is 15.4 Å². The van der Waals surface area contributed by atoms with Gasteiger partial charge in [0.15, 0.2) is 0 Å². The van der Waals surface area contributed by atoms with Crippen LogP contribution in [0.4, 0.5) is 0 Å². The van der Waals surface area contributed by atoms with Crippen LogP contribution in [0.15, 0.2) is 54.6 Å². The van der Waals surface area contributed by atoms with Gasteiger partial charge in [-0.05, 0) is 79.2 Å². The fourth-order valence-corrected chi connectivity index (χ4v) is 7.19. The molecule has 4 aliphatic rings. The molecule has 40 heavy (non-hydrogen) atoms. The molecule has 3 saturated carbocycles. The summed E-state index contributed by atoms with van der Waals surface area (Å²) < 4.78 is 18.6. The minimum atomic E-state index is -0.517. The topological polar surface area (TPSA) is 85.9 Å². The van der Waals surface area contributed by atoms with Gasteiger partial charge in [-0.15, -0.1) is 0 Å². The summed E-state index contributed by atoms with van der Waals surface area (Å²) in [5, 5.41) is 6.30. The Kier molecular flexibility index (Phi) is 8.04. The van der Waals surface area contributed by atoms with E-state index in [1.807, 2.05) is 42.5 Å². The Balaban J connectivity index is 1.31. The van der Waals surface area contributed by atoms with E-state index in [0.29, 0.717) is 29.1 Å². The number of rotatable bonds is 10. The average molecular weight is 547 g/mol. The third-order valence-corrected chi connectivity index (χ3v) is 9.62. The largest absolute Gasteiger partial charge is 0.497 e. The van der Waals surface area contributed by atoms with Gasteiger partial charge in [-0.2, -0.15) is 0 Å². The van der Waals surface area contributed by atoms with Crippen molar-refractivity contribution in [3.63, 3.8) is 0 Å². The highest BCUT2D eigenvalue weighted by atomic mass is 16.7. The molecule has 2 aromatic carbocycles. The summed E-state index contributed by atoms with van der Waals surface area (Å²) in [4.78, 5) is 26.7. The molecule has 6 atom stereocenters. The van der Waals surface area contributed by atoms with Crippen molar-refractivity contribution in [3.8, 4) is 5.75 Å². The number of carbonyl (C=O) groups is 2. The number of hydrogen-bond acceptors (Lipinski definition) is 5. The summed E-state index contributed by atoms with van der Waals surface area (Å²) >= 11 is 0. The second-order valence-corrected chi connectivity index (χ2v) is 13.0. The van der Waals surface area contributed by atoms with Crippen molar-refractivity contribution < 1.29 is 23.6 Å². The van der Waals surface area contributed by atoms with E-state index in [0.717, 1.165) is 18.4 Å². The van der Waals surface area contributed by atoms with Crippen molar-refractivity contribution in [2.75, 3.05) is 7.11 Å². The van der Waals surface area contributed by atoms with Crippen LogP contribution in [-0.2, 0) is 14.1 Å². The monoisotopic (exact) mass is 546 g/mol. The highest BCUT2D eigenvalue weighted by Crippen LogP contribution is 2.65. The first-order valence-electron chi connectivity index (χ1n) is 14.6. The Hall–Kier alpha value is -2.84. The highest BCUT2D eigenvalue weighted by Gasteiger charge is 2.68. The summed E-state index contributed by atoms with van der Waals surface area (Å²) in [5.74, 6) is 1.51. The van der Waals surface area contributed by atoms with Crippen LogP contribution in [0.2, 0.25) is 0 Å². The molecule has 8 heteroatoms. The Morgan fingerprint density at radius 2 is 1.73 bits per heavy atom. The molecule has 1 saturated heterocycles. The van der Waals surface area contributed by atoms with Crippen LogP contribution in [0.25, 0.3) is 0 Å². The van der Waals surface area contributed by atoms with E-state index in [1.165, 1.54) is 6.42 Å². The number of methoxy groups -OCH3 is 1. The molecule has 3 aliphatic carbocycles. The van der Waals surface area contributed by atoms with Gasteiger partial charge in [0.2, 0.25) is 5.91 Å². The SMILES string of the molecule is COc1ccc([C@H](CC(=O)N[C@@H](CC(C)C)B2O[C@@H]3C[C@H]4C[C@H](C4(C)C)[C@]3(C)O2)NC(=O)c2ccccc2)cc1. The lowest BCUT2D eigenvalue weighted by Crippen LogP contribution is -2.65. The van der Waals surface area contributed by atoms with Crippen molar-refractivity contribution in [1.29, 1.82) is 0 Å². The number of nitrogens with one attached hydrogen (secondary N) is 2. The standard InChI is InChI=1S/C32H43BN2O5/c1-20(2)16-28(33-39-27-18-23-17-26(31(23,3)4)32(27,5)40-33)35-29(36)19-25(21-12-14-24(38-6)15-13-21)34-30(37)22-10-8-7-9-11-22/h7-15,20,23,25-28H,16-19H2,1-6H3,(H,34,37)(H,35,36)/t23-,25+,26-,27-,28+,32+/m1/s1. The van der Waals surface area contributed by atoms with Gasteiger partial charge in [0.05, 0.1) is 37.2 Å². The lowest BCUT2D eigenvalue weighted by atomic mass is 9.43. The lowest BCUT2D eigenvalue weighted by molar-refractivity contribution is -0.199. The van der Waals surface area contributed by atoms with Gasteiger partial charge in [0, 0.05) is 5.56 Å². The number of amides is 2. The molecule has 0 radical (unpaired) electrons. The van der Waals surface area contributed by atoms with Gasteiger partial charge in [-0.1, -0.05) is 58.0 Å². The summed E-state index contributed by atoms with van der Waals surface area (Å²) in [6.45, 7) is 11.2. The van der Waals surface area contributed by atoms with Gasteiger partial charge in [-0.3, -0.25) is 9.59 Å². The van der Waals surface area contributed by atoms with Crippen LogP contribution in [0, 0.1) is 23.2 Å². The average Bonchev–Trinajstić information content (AvgIpc) is 3.30. The van der Waals surface area contributed by atoms with E-state index >= 15 is 0 Å². The number of hydrogen-bond donors (Lipinski definition) is 2. The number of benzene rings is 2. The van der Waals surface area contributed by atoms with E-state index < -0.39 is 13.2 Å². The first kappa shape index (κ1) is 28.7. The molecular formula is C32H43BN2O5. The second kappa shape index (κ2) is 11.2. The molecule has 2 amide bonds. The van der Waals surface area contributed by atoms with Gasteiger partial charge in [0.25, 0.3) is 5.91 Å². The molecule has 0 aromatic heterocycles. The minimum Gasteiger partial charge on any atom is -0.497 e. The molecule has 2 N–H and O–H groups in total. The van der Waals surface area contributed by atoms with Crippen LogP contribution in [0.5, 0.6) is 5.75 Å². The number of carbonyl (C=O) groups excluding carboxylic acids is 2. The maximum atomic E-state index is 13.6. The van der Waals surface area contributed by atoms with Crippen molar-refractivity contribution in [2.24, 2.45) is 23.2 Å². The Bertz CT molecular complexity index is 1200. The fourth-order valence-electron chi connectivity index (χ4n) is 7.19. The molecule has 0 spiro atoms. The van der Waals surface area contributed by atoms with E-state index in [-0.39, 0.29) is 41.3 Å². The molecular weight excluding hydrogens is 503 g/mol. The summed E-state index contributed by atoms with van der Waals surface area (Å²) in [6, 6.07) is 16.0. The fraction of sp³-hybridized carbons (Fsp3) is 0.562. The molecule has 0 unspecified atom stereocenters. The smallest absolute Gasteiger partial charge is 0.481 e. The van der Waals surface area contributed by atoms with Crippen molar-refractivity contribution >= 4 is 18.9 Å². The zero-order valence-electron chi connectivity index (χ0n) is 24.6. The third-order valence-electron chi connectivity index (χ3n) is 9.62. The molecule has 1 aliphatic heterocycles. The molecule has 2 bridgehead atoms. The zero-order chi connectivity index (χ0) is 28.7. The first-order valence-corrected chi connectivity index (χ1v) is 14.6. The second-order valence-electron chi connectivity index (χ2n) is 13.0. The molecule has 4 fully saturated rings. The molecule has 214 valence electrons. The zero-order valence-corrected chi connectivity index (χ0v) is 24.6. The quantitative estimate of drug-likeness (QED) is 0.392. The van der Waals surface area contributed by atoms with Crippen LogP contribution in [-0.4, -0.2) is 43.7 Å². The molecule has 1 heterocycles. The third kappa shape index (κ3) is 5.53. The van der Waals surface area contributed by atoms with Gasteiger partial charge in [-0.25, -0.2) is 0 Å². The Morgan fingerprint density at radius 1 is 1.02 bits per heavy atom. The molecule has 2 aromatic rings. The van der Waals surface area contributed by atoms with Crippen molar-refractivity contribution in [1.82, 2.24) is 10.6 Å². The van der Waals surface area contributed by atoms with Crippen LogP contribution >= 0.6 is 0 Å². The summed E-state index contributed by atoms with van der Waals surface area (Å²) in [5.41, 5.74) is 1.29. The van der Waals surface area contributed by atoms with Crippen molar-refractivity contribution in [3.05, 3.63) is 65.7 Å². The van der Waals surface area contributed by atoms with Gasteiger partial charge >= 0.3 is 7.12 Å². The maximum absolute atomic E-state index is 13.6. The Labute approximate surface area is 238 Å². The van der Waals surface area contributed by atoms with Gasteiger partial charge in [0.1, 0.15) is 5.75 Å². The van der Waals surface area contributed by atoms with E-state index in [4.69, 9.17) is 14.0 Å². The van der Waals surface area contributed by atoms with Crippen LogP contribution in [0.1, 0.15) is 82.3 Å². The first-order chi connectivity index (χ1) is 19.0. The number of ether oxygens (including phenoxy) is 1. The van der Waals surface area contributed by atoms with Crippen LogP contribution in [0.3, 0.4) is 0 Å². The molecule has 6 rings (SSSR count). The van der Waals surface area contributed by atoms with Crippen molar-refractivity contribution in [2.45, 2.75) is 84.0 Å². The highest BCUT2D eigenvalue weighted by molar-refractivity contribution is 6.47. The minimum absolute atomic E-state index is 0.0537. The Morgan fingerprint density at radius 3 is 2.35 bits per heavy atom. The summed E-state index contributed by atoms with van der Waals surface area (Å²) in [7, 11) is 1.12. The van der Waals surface area contributed by atoms with E-state index in [9.17, 15) is 9.59 Å². The maximum Gasteiger partial charge on any atom is 0.481 e.